The molecule has 0 saturated heterocycles. The van der Waals surface area contributed by atoms with Gasteiger partial charge in [-0.05, 0) is 29.3 Å². The van der Waals surface area contributed by atoms with Crippen LogP contribution in [0.5, 0.6) is 0 Å². The summed E-state index contributed by atoms with van der Waals surface area (Å²) < 4.78 is 16.3. The molecule has 0 atom stereocenters. The minimum Gasteiger partial charge on any atom is -0.339 e. The van der Waals surface area contributed by atoms with E-state index in [2.05, 4.69) is 20.3 Å². The van der Waals surface area contributed by atoms with Gasteiger partial charge in [-0.25, -0.2) is 19.3 Å². The number of likely N-dealkylation sites (N-methyl/N-ethyl adjacent to an activating group) is 1. The summed E-state index contributed by atoms with van der Waals surface area (Å²) >= 11 is 2.58. The lowest BCUT2D eigenvalue weighted by Crippen LogP contribution is -2.32. The Bertz CT molecular complexity index is 1460. The molecule has 0 radical (unpaired) electrons. The first kappa shape index (κ1) is 25.6. The van der Waals surface area contributed by atoms with E-state index in [4.69, 9.17) is 0 Å². The number of hydrogen-bond acceptors (Lipinski definition) is 7. The maximum Gasteiger partial charge on any atom is 0.275 e. The molecule has 3 heterocycles. The maximum atomic E-state index is 15.5. The van der Waals surface area contributed by atoms with Crippen LogP contribution >= 0.6 is 23.1 Å². The first-order chi connectivity index (χ1) is 18.6. The molecule has 0 fully saturated rings. The molecule has 38 heavy (non-hydrogen) atoms. The molecule has 0 aliphatic rings. The summed E-state index contributed by atoms with van der Waals surface area (Å²) in [5, 5.41) is 3.77. The molecular weight excluding hydrogens is 517 g/mol. The molecule has 6 nitrogen and oxygen atoms in total. The van der Waals surface area contributed by atoms with Gasteiger partial charge in [0.2, 0.25) is 0 Å². The van der Waals surface area contributed by atoms with Gasteiger partial charge in [-0.1, -0.05) is 89.8 Å². The number of hydrogen-bond donors (Lipinski definition) is 1. The average Bonchev–Trinajstić information content (AvgIpc) is 3.40. The van der Waals surface area contributed by atoms with Gasteiger partial charge in [0, 0.05) is 31.9 Å². The van der Waals surface area contributed by atoms with Crippen molar-refractivity contribution in [2.24, 2.45) is 0 Å². The van der Waals surface area contributed by atoms with Crippen molar-refractivity contribution in [1.29, 1.82) is 0 Å². The number of carbonyl (C=O) groups excluding carboxylic acids is 1. The first-order valence-corrected chi connectivity index (χ1v) is 13.5. The highest BCUT2D eigenvalue weighted by molar-refractivity contribution is 8.01. The predicted molar refractivity (Wildman–Crippen MR) is 150 cm³/mol. The Balaban J connectivity index is 1.32. The smallest absolute Gasteiger partial charge is 0.275 e. The maximum absolute atomic E-state index is 15.5. The van der Waals surface area contributed by atoms with Gasteiger partial charge in [-0.2, -0.15) is 0 Å². The average molecular weight is 542 g/mol. The number of benzene rings is 2. The quantitative estimate of drug-likeness (QED) is 0.220. The number of carbonyl (C=O) groups is 1. The zero-order chi connectivity index (χ0) is 26.3. The molecule has 0 aliphatic carbocycles. The molecule has 0 saturated carbocycles. The number of nitrogens with one attached hydrogen (secondary N) is 1. The van der Waals surface area contributed by atoms with E-state index in [9.17, 15) is 4.79 Å². The summed E-state index contributed by atoms with van der Waals surface area (Å²) in [4.78, 5) is 27.9. The van der Waals surface area contributed by atoms with Crippen molar-refractivity contribution < 1.29 is 9.18 Å². The van der Waals surface area contributed by atoms with Crippen molar-refractivity contribution in [2.45, 2.75) is 15.0 Å². The van der Waals surface area contributed by atoms with E-state index in [1.165, 1.54) is 34.2 Å². The molecule has 1 amide bonds. The van der Waals surface area contributed by atoms with Crippen molar-refractivity contribution in [2.75, 3.05) is 18.9 Å². The number of nitrogens with zero attached hydrogens (tertiary/aromatic N) is 4. The fourth-order valence-electron chi connectivity index (χ4n) is 3.98. The second-order valence-electron chi connectivity index (χ2n) is 8.46. The second-order valence-corrected chi connectivity index (χ2v) is 10.8. The third-order valence-electron chi connectivity index (χ3n) is 5.86. The van der Waals surface area contributed by atoms with Gasteiger partial charge in [0.05, 0.1) is 15.3 Å². The largest absolute Gasteiger partial charge is 0.339 e. The van der Waals surface area contributed by atoms with Gasteiger partial charge in [0.1, 0.15) is 5.82 Å². The van der Waals surface area contributed by atoms with Gasteiger partial charge in [0.15, 0.2) is 16.6 Å². The molecule has 1 N–H and O–H groups in total. The minimum absolute atomic E-state index is 0.0609. The zero-order valence-corrected chi connectivity index (χ0v) is 22.1. The highest BCUT2D eigenvalue weighted by atomic mass is 32.2. The molecule has 9 heteroatoms. The molecular formula is C29H24FN5OS2. The van der Waals surface area contributed by atoms with E-state index in [1.807, 2.05) is 78.9 Å². The summed E-state index contributed by atoms with van der Waals surface area (Å²) in [6, 6.07) is 27.1. The Hall–Kier alpha value is -4.08. The van der Waals surface area contributed by atoms with E-state index in [0.29, 0.717) is 22.4 Å². The van der Waals surface area contributed by atoms with Crippen LogP contribution in [-0.2, 0) is 0 Å². The van der Waals surface area contributed by atoms with Crippen LogP contribution in [0.2, 0.25) is 0 Å². The zero-order valence-electron chi connectivity index (χ0n) is 20.5. The highest BCUT2D eigenvalue weighted by Crippen LogP contribution is 2.36. The van der Waals surface area contributed by atoms with Crippen molar-refractivity contribution in [1.82, 2.24) is 19.9 Å². The Labute approximate surface area is 228 Å². The van der Waals surface area contributed by atoms with Gasteiger partial charge in [0.25, 0.3) is 5.91 Å². The summed E-state index contributed by atoms with van der Waals surface area (Å²) in [5.41, 5.74) is 1.96. The van der Waals surface area contributed by atoms with Crippen LogP contribution in [0.1, 0.15) is 27.5 Å². The van der Waals surface area contributed by atoms with Crippen molar-refractivity contribution in [3.05, 3.63) is 126 Å². The molecule has 0 spiro atoms. The number of aromatic nitrogens is 3. The van der Waals surface area contributed by atoms with E-state index in [-0.39, 0.29) is 11.6 Å². The van der Waals surface area contributed by atoms with E-state index in [0.717, 1.165) is 15.3 Å². The fraction of sp³-hybridized carbons (Fsp3) is 0.103. The minimum atomic E-state index is -0.641. The number of rotatable bonds is 9. The monoisotopic (exact) mass is 541 g/mol. The molecule has 0 unspecified atom stereocenters. The molecule has 2 aromatic carbocycles. The number of anilines is 2. The van der Waals surface area contributed by atoms with Crippen LogP contribution in [0.3, 0.4) is 0 Å². The Morgan fingerprint density at radius 3 is 2.26 bits per heavy atom. The SMILES string of the molecule is CN(CC(c1ccccc1)c1ccccc1)C(=O)c1nccc(Sc2cnc(Nc3ccccn3)s2)c1F. The van der Waals surface area contributed by atoms with Crippen molar-refractivity contribution in [3.63, 3.8) is 0 Å². The summed E-state index contributed by atoms with van der Waals surface area (Å²) in [7, 11) is 1.68. The number of pyridine rings is 2. The first-order valence-electron chi connectivity index (χ1n) is 11.9. The highest BCUT2D eigenvalue weighted by Gasteiger charge is 2.24. The molecule has 5 rings (SSSR count). The van der Waals surface area contributed by atoms with Crippen LogP contribution in [0.4, 0.5) is 15.3 Å². The lowest BCUT2D eigenvalue weighted by atomic mass is 9.91. The third-order valence-corrected chi connectivity index (χ3v) is 7.91. The van der Waals surface area contributed by atoms with Crippen LogP contribution in [0, 0.1) is 5.82 Å². The summed E-state index contributed by atoms with van der Waals surface area (Å²) in [6.45, 7) is 0.378. The van der Waals surface area contributed by atoms with Crippen LogP contribution in [0.15, 0.2) is 113 Å². The van der Waals surface area contributed by atoms with Crippen LogP contribution in [0.25, 0.3) is 0 Å². The Morgan fingerprint density at radius 1 is 0.921 bits per heavy atom. The van der Waals surface area contributed by atoms with Crippen molar-refractivity contribution in [3.8, 4) is 0 Å². The lowest BCUT2D eigenvalue weighted by Gasteiger charge is -2.25. The Morgan fingerprint density at radius 2 is 1.61 bits per heavy atom. The topological polar surface area (TPSA) is 71.0 Å². The molecule has 190 valence electrons. The normalized spacial score (nSPS) is 10.9. The fourth-order valence-corrected chi connectivity index (χ4v) is 5.85. The lowest BCUT2D eigenvalue weighted by molar-refractivity contribution is 0.0779. The molecule has 0 aliphatic heterocycles. The Kier molecular flexibility index (Phi) is 8.06. The van der Waals surface area contributed by atoms with Gasteiger partial charge >= 0.3 is 0 Å². The third kappa shape index (κ3) is 6.07. The number of halogens is 1. The predicted octanol–water partition coefficient (Wildman–Crippen LogP) is 6.87. The summed E-state index contributed by atoms with van der Waals surface area (Å²) in [6.07, 6.45) is 4.82. The summed E-state index contributed by atoms with van der Waals surface area (Å²) in [5.74, 6) is -0.496. The number of thiazole rings is 1. The van der Waals surface area contributed by atoms with Crippen molar-refractivity contribution >= 4 is 40.0 Å². The number of amides is 1. The molecule has 3 aromatic heterocycles. The van der Waals surface area contributed by atoms with Crippen LogP contribution in [-0.4, -0.2) is 39.4 Å². The van der Waals surface area contributed by atoms with Gasteiger partial charge in [-0.15, -0.1) is 0 Å². The molecule has 0 bridgehead atoms. The van der Waals surface area contributed by atoms with E-state index >= 15 is 4.39 Å². The second kappa shape index (κ2) is 12.0. The van der Waals surface area contributed by atoms with Gasteiger partial charge in [-0.3, -0.25) is 4.79 Å². The van der Waals surface area contributed by atoms with E-state index in [1.54, 1.807) is 25.5 Å². The van der Waals surface area contributed by atoms with Crippen LogP contribution < -0.4 is 5.32 Å². The van der Waals surface area contributed by atoms with Gasteiger partial charge < -0.3 is 10.2 Å². The molecule has 5 aromatic rings. The van der Waals surface area contributed by atoms with E-state index < -0.39 is 11.7 Å². The standard InChI is InChI=1S/C29H24FN5OS2/c1-35(19-22(20-10-4-2-5-11-20)21-12-6-3-7-13-21)28(36)27-26(30)23(15-17-32-27)37-25-18-33-29(38-25)34-24-14-8-9-16-31-24/h2-18,22H,19H2,1H3,(H,31,33,34).